The highest BCUT2D eigenvalue weighted by atomic mass is 16.5. The second-order valence-corrected chi connectivity index (χ2v) is 16.9. The van der Waals surface area contributed by atoms with Crippen molar-refractivity contribution in [1.29, 1.82) is 0 Å². The van der Waals surface area contributed by atoms with Gasteiger partial charge in [0, 0.05) is 11.5 Å². The van der Waals surface area contributed by atoms with E-state index in [1.165, 1.54) is 63.4 Å². The molecular weight excluding hydrogens is 500 g/mol. The summed E-state index contributed by atoms with van der Waals surface area (Å²) in [7, 11) is 0. The van der Waals surface area contributed by atoms with Crippen LogP contribution in [0.25, 0.3) is 6.08 Å². The summed E-state index contributed by atoms with van der Waals surface area (Å²) in [5.74, 6) is 3.50. The minimum atomic E-state index is -0.196. The Balaban J connectivity index is 1.24. The number of carbonyl (C=O) groups is 1. The quantitative estimate of drug-likeness (QED) is 0.209. The van der Waals surface area contributed by atoms with E-state index in [2.05, 4.69) is 55.0 Å². The molecule has 0 N–H and O–H groups in total. The molecule has 41 heavy (non-hydrogen) atoms. The molecule has 0 aliphatic heterocycles. The maximum absolute atomic E-state index is 13.0. The van der Waals surface area contributed by atoms with Crippen LogP contribution in [0.4, 0.5) is 0 Å². The van der Waals surface area contributed by atoms with Gasteiger partial charge >= 0.3 is 5.97 Å². The van der Waals surface area contributed by atoms with Crippen molar-refractivity contribution in [3.63, 3.8) is 0 Å². The fraction of sp³-hybridized carbons (Fsp3) is 0.718. The summed E-state index contributed by atoms with van der Waals surface area (Å²) in [5, 5.41) is 0. The number of allylic oxidation sites excluding steroid dienone is 1. The summed E-state index contributed by atoms with van der Waals surface area (Å²) >= 11 is 0. The van der Waals surface area contributed by atoms with Crippen molar-refractivity contribution >= 4 is 12.0 Å². The molecule has 5 aliphatic carbocycles. The monoisotopic (exact) mass is 556 g/mol. The maximum Gasteiger partial charge on any atom is 0.331 e. The number of ether oxygens (including phenoxy) is 1. The average Bonchev–Trinajstić information content (AvgIpc) is 3.28. The van der Waals surface area contributed by atoms with Crippen molar-refractivity contribution < 1.29 is 9.53 Å². The van der Waals surface area contributed by atoms with E-state index in [1.807, 2.05) is 36.4 Å². The lowest BCUT2D eigenvalue weighted by Crippen LogP contribution is -2.66. The smallest absolute Gasteiger partial charge is 0.331 e. The zero-order valence-corrected chi connectivity index (χ0v) is 27.1. The van der Waals surface area contributed by atoms with E-state index in [1.54, 1.807) is 6.08 Å². The number of hydrogen-bond donors (Lipinski definition) is 0. The van der Waals surface area contributed by atoms with Crippen molar-refractivity contribution in [3.8, 4) is 0 Å². The minimum Gasteiger partial charge on any atom is -0.459 e. The second kappa shape index (κ2) is 9.85. The van der Waals surface area contributed by atoms with Crippen LogP contribution in [-0.2, 0) is 9.53 Å². The van der Waals surface area contributed by atoms with Crippen LogP contribution in [0, 0.1) is 56.7 Å². The molecule has 5 fully saturated rings. The molecule has 1 aromatic rings. The van der Waals surface area contributed by atoms with Gasteiger partial charge in [-0.25, -0.2) is 4.79 Å². The molecule has 1 aromatic carbocycles. The molecule has 0 heterocycles. The predicted octanol–water partition coefficient (Wildman–Crippen LogP) is 10.3. The molecule has 0 saturated heterocycles. The van der Waals surface area contributed by atoms with E-state index in [4.69, 9.17) is 4.74 Å². The number of esters is 1. The Morgan fingerprint density at radius 2 is 1.56 bits per heavy atom. The number of hydrogen-bond acceptors (Lipinski definition) is 2. The third-order valence-corrected chi connectivity index (χ3v) is 14.9. The van der Waals surface area contributed by atoms with Gasteiger partial charge in [-0.1, -0.05) is 84.0 Å². The van der Waals surface area contributed by atoms with Crippen LogP contribution in [0.2, 0.25) is 0 Å². The van der Waals surface area contributed by atoms with Crippen molar-refractivity contribution in [1.82, 2.24) is 0 Å². The topological polar surface area (TPSA) is 26.3 Å². The molecule has 2 heteroatoms. The largest absolute Gasteiger partial charge is 0.459 e. The zero-order valence-electron chi connectivity index (χ0n) is 27.1. The Labute approximate surface area is 250 Å². The van der Waals surface area contributed by atoms with Crippen LogP contribution in [-0.4, -0.2) is 12.1 Å². The van der Waals surface area contributed by atoms with Crippen LogP contribution in [0.1, 0.15) is 118 Å². The van der Waals surface area contributed by atoms with E-state index in [9.17, 15) is 4.79 Å². The highest BCUT2D eigenvalue weighted by molar-refractivity contribution is 5.87. The van der Waals surface area contributed by atoms with E-state index < -0.39 is 0 Å². The van der Waals surface area contributed by atoms with Gasteiger partial charge in [0.25, 0.3) is 0 Å². The Bertz CT molecular complexity index is 1210. The van der Waals surface area contributed by atoms with Gasteiger partial charge in [-0.15, -0.1) is 0 Å². The molecular formula is C39H56O2. The van der Waals surface area contributed by atoms with Gasteiger partial charge in [-0.05, 0) is 134 Å². The van der Waals surface area contributed by atoms with Gasteiger partial charge in [0.2, 0.25) is 0 Å². The molecule has 0 aromatic heterocycles. The second-order valence-electron chi connectivity index (χ2n) is 16.9. The van der Waals surface area contributed by atoms with Gasteiger partial charge in [-0.3, -0.25) is 0 Å². The van der Waals surface area contributed by atoms with Gasteiger partial charge < -0.3 is 4.74 Å². The van der Waals surface area contributed by atoms with Gasteiger partial charge in [0.05, 0.1) is 0 Å². The van der Waals surface area contributed by atoms with E-state index in [0.717, 1.165) is 35.7 Å². The summed E-state index contributed by atoms with van der Waals surface area (Å²) in [6.45, 7) is 22.4. The van der Waals surface area contributed by atoms with Crippen LogP contribution in [0.5, 0.6) is 0 Å². The lowest BCUT2D eigenvalue weighted by Gasteiger charge is -2.73. The molecule has 0 radical (unpaired) electrons. The van der Waals surface area contributed by atoms with Gasteiger partial charge in [0.15, 0.2) is 0 Å². The molecule has 10 atom stereocenters. The Morgan fingerprint density at radius 1 is 0.829 bits per heavy atom. The van der Waals surface area contributed by atoms with Crippen LogP contribution in [0.3, 0.4) is 0 Å². The first kappa shape index (κ1) is 29.3. The predicted molar refractivity (Wildman–Crippen MR) is 170 cm³/mol. The van der Waals surface area contributed by atoms with E-state index in [-0.39, 0.29) is 17.5 Å². The SMILES string of the molecule is C=C(C)[C@@H]1CC[C@]2(C)CC[C@]3(C)[C@H](CC[C@@H]4[C@@]5(C)CC[C@H](OC(=O)/C=C/c6ccccc6)C(C)(C)[C@@H]5CC[C@]43C)[C@H]12. The normalized spacial score (nSPS) is 46.6. The van der Waals surface area contributed by atoms with Crippen LogP contribution < -0.4 is 0 Å². The third kappa shape index (κ3) is 4.27. The third-order valence-electron chi connectivity index (χ3n) is 14.9. The molecule has 0 bridgehead atoms. The van der Waals surface area contributed by atoms with Crippen molar-refractivity contribution in [2.75, 3.05) is 0 Å². The first-order valence-electron chi connectivity index (χ1n) is 16.9. The summed E-state index contributed by atoms with van der Waals surface area (Å²) in [6, 6.07) is 10.0. The maximum atomic E-state index is 13.0. The highest BCUT2D eigenvalue weighted by Gasteiger charge is 2.70. The number of carbonyl (C=O) groups excluding carboxylic acids is 1. The molecule has 5 saturated carbocycles. The number of fused-ring (bicyclic) bond motifs is 7. The number of rotatable bonds is 4. The Kier molecular flexibility index (Phi) is 7.03. The molecule has 0 unspecified atom stereocenters. The number of benzene rings is 1. The molecule has 0 amide bonds. The fourth-order valence-corrected chi connectivity index (χ4v) is 12.6. The summed E-state index contributed by atoms with van der Waals surface area (Å²) in [6.07, 6.45) is 16.6. The minimum absolute atomic E-state index is 0.0185. The summed E-state index contributed by atoms with van der Waals surface area (Å²) in [4.78, 5) is 13.0. The van der Waals surface area contributed by atoms with Crippen LogP contribution in [0.15, 0.2) is 48.6 Å². The highest BCUT2D eigenvalue weighted by Crippen LogP contribution is 2.77. The van der Waals surface area contributed by atoms with Crippen LogP contribution >= 0.6 is 0 Å². The van der Waals surface area contributed by atoms with Gasteiger partial charge in [0.1, 0.15) is 6.10 Å². The Hall–Kier alpha value is -1.83. The summed E-state index contributed by atoms with van der Waals surface area (Å²) in [5.41, 5.74) is 4.05. The fourth-order valence-electron chi connectivity index (χ4n) is 12.6. The van der Waals surface area contributed by atoms with E-state index in [0.29, 0.717) is 27.6 Å². The lowest BCUT2D eigenvalue weighted by molar-refractivity contribution is -0.248. The molecule has 0 spiro atoms. The first-order chi connectivity index (χ1) is 19.3. The summed E-state index contributed by atoms with van der Waals surface area (Å²) < 4.78 is 6.25. The Morgan fingerprint density at radius 3 is 2.27 bits per heavy atom. The van der Waals surface area contributed by atoms with E-state index >= 15 is 0 Å². The standard InChI is InChI=1S/C39H56O2/c1-26(2)28-18-21-36(5)24-25-38(7)29(34(28)36)15-16-31-37(6)22-20-32(35(3,4)30(37)19-23-39(31,38)8)41-33(40)17-14-27-12-10-9-11-13-27/h9-14,17,28-32,34H,1,15-16,18-25H2,2-8H3/b17-14+/t28-,29+,30-,31+,32-,34-,36+,37-,38+,39+/m0/s1. The van der Waals surface area contributed by atoms with Crippen molar-refractivity contribution in [2.24, 2.45) is 56.7 Å². The lowest BCUT2D eigenvalue weighted by atomic mass is 9.32. The molecule has 2 nitrogen and oxygen atoms in total. The van der Waals surface area contributed by atoms with Crippen molar-refractivity contribution in [3.05, 3.63) is 54.1 Å². The first-order valence-corrected chi connectivity index (χ1v) is 16.9. The van der Waals surface area contributed by atoms with Crippen molar-refractivity contribution in [2.45, 2.75) is 119 Å². The molecule has 6 rings (SSSR count). The zero-order chi connectivity index (χ0) is 29.4. The average molecular weight is 557 g/mol. The molecule has 5 aliphatic rings. The molecule has 224 valence electrons. The van der Waals surface area contributed by atoms with Gasteiger partial charge in [-0.2, -0.15) is 0 Å².